The Morgan fingerprint density at radius 3 is 2.71 bits per heavy atom. The highest BCUT2D eigenvalue weighted by Gasteiger charge is 2.26. The highest BCUT2D eigenvalue weighted by atomic mass is 16.1. The van der Waals surface area contributed by atoms with Gasteiger partial charge in [0, 0.05) is 12.5 Å². The van der Waals surface area contributed by atoms with Crippen LogP contribution in [-0.4, -0.2) is 12.5 Å². The zero-order valence-corrected chi connectivity index (χ0v) is 9.22. The Morgan fingerprint density at radius 2 is 2.14 bits per heavy atom. The zero-order valence-electron chi connectivity index (χ0n) is 9.22. The summed E-state index contributed by atoms with van der Waals surface area (Å²) in [4.78, 5) is 11.7. The van der Waals surface area contributed by atoms with Gasteiger partial charge in [-0.3, -0.25) is 4.79 Å². The van der Waals surface area contributed by atoms with Crippen LogP contribution in [0.2, 0.25) is 0 Å². The van der Waals surface area contributed by atoms with Gasteiger partial charge < -0.3 is 5.32 Å². The highest BCUT2D eigenvalue weighted by Crippen LogP contribution is 2.31. The third kappa shape index (κ3) is 3.32. The van der Waals surface area contributed by atoms with E-state index in [1.54, 1.807) is 0 Å². The first-order chi connectivity index (χ1) is 6.75. The average molecular weight is 196 g/mol. The van der Waals surface area contributed by atoms with Gasteiger partial charge in [-0.25, -0.2) is 0 Å². The van der Waals surface area contributed by atoms with E-state index in [-0.39, 0.29) is 11.8 Å². The number of nitrogens with one attached hydrogen (secondary N) is 1. The molecule has 1 rings (SSSR count). The molecule has 1 unspecified atom stereocenters. The molecule has 0 aromatic carbocycles. The van der Waals surface area contributed by atoms with Crippen molar-refractivity contribution in [1.29, 1.82) is 0 Å². The molecule has 0 saturated heterocycles. The Balaban J connectivity index is 2.21. The van der Waals surface area contributed by atoms with Crippen LogP contribution < -0.4 is 5.32 Å². The number of unbranched alkanes of at least 4 members (excludes halogenated alkanes) is 1. The van der Waals surface area contributed by atoms with Crippen LogP contribution in [0.5, 0.6) is 0 Å². The van der Waals surface area contributed by atoms with Gasteiger partial charge in [-0.15, -0.1) is 0 Å². The van der Waals surface area contributed by atoms with Crippen LogP contribution in [0, 0.1) is 18.8 Å². The fourth-order valence-electron chi connectivity index (χ4n) is 2.17. The highest BCUT2D eigenvalue weighted by molar-refractivity contribution is 5.78. The van der Waals surface area contributed by atoms with Gasteiger partial charge >= 0.3 is 0 Å². The SMILES string of the molecule is [CH2]CCCNC(=O)C(C)C1CCCC1. The van der Waals surface area contributed by atoms with Crippen molar-refractivity contribution in [3.05, 3.63) is 6.92 Å². The first-order valence-electron chi connectivity index (χ1n) is 5.82. The minimum atomic E-state index is 0.210. The van der Waals surface area contributed by atoms with Crippen LogP contribution in [0.25, 0.3) is 0 Å². The maximum Gasteiger partial charge on any atom is 0.223 e. The Labute approximate surface area is 87.5 Å². The van der Waals surface area contributed by atoms with Crippen LogP contribution >= 0.6 is 0 Å². The van der Waals surface area contributed by atoms with E-state index in [4.69, 9.17) is 0 Å². The number of carbonyl (C=O) groups excluding carboxylic acids is 1. The summed E-state index contributed by atoms with van der Waals surface area (Å²) in [5, 5.41) is 2.98. The summed E-state index contributed by atoms with van der Waals surface area (Å²) < 4.78 is 0. The van der Waals surface area contributed by atoms with Crippen molar-refractivity contribution < 1.29 is 4.79 Å². The van der Waals surface area contributed by atoms with Crippen LogP contribution in [0.15, 0.2) is 0 Å². The molecule has 0 aliphatic heterocycles. The van der Waals surface area contributed by atoms with Crippen molar-refractivity contribution in [3.63, 3.8) is 0 Å². The third-order valence-electron chi connectivity index (χ3n) is 3.25. The molecule has 1 saturated carbocycles. The van der Waals surface area contributed by atoms with E-state index in [1.165, 1.54) is 25.7 Å². The van der Waals surface area contributed by atoms with Gasteiger partial charge in [0.2, 0.25) is 5.91 Å². The molecule has 1 amide bonds. The topological polar surface area (TPSA) is 29.1 Å². The van der Waals surface area contributed by atoms with E-state index in [1.807, 2.05) is 0 Å². The number of carbonyl (C=O) groups is 1. The lowest BCUT2D eigenvalue weighted by atomic mass is 9.92. The second-order valence-electron chi connectivity index (χ2n) is 4.33. The molecule has 1 aliphatic carbocycles. The van der Waals surface area contributed by atoms with Crippen LogP contribution in [-0.2, 0) is 4.79 Å². The van der Waals surface area contributed by atoms with Gasteiger partial charge in [0.25, 0.3) is 0 Å². The normalized spacial score (nSPS) is 19.6. The molecule has 1 fully saturated rings. The number of hydrogen-bond acceptors (Lipinski definition) is 1. The monoisotopic (exact) mass is 196 g/mol. The summed E-state index contributed by atoms with van der Waals surface area (Å²) in [6.07, 6.45) is 6.98. The van der Waals surface area contributed by atoms with Crippen molar-refractivity contribution in [1.82, 2.24) is 5.32 Å². The molecule has 1 radical (unpaired) electrons. The second kappa shape index (κ2) is 6.05. The molecule has 2 nitrogen and oxygen atoms in total. The minimum absolute atomic E-state index is 0.210. The summed E-state index contributed by atoms with van der Waals surface area (Å²) in [6.45, 7) is 6.61. The summed E-state index contributed by atoms with van der Waals surface area (Å²) in [5.74, 6) is 1.09. The van der Waals surface area contributed by atoms with Crippen LogP contribution in [0.3, 0.4) is 0 Å². The molecule has 2 heteroatoms. The Bertz CT molecular complexity index is 173. The van der Waals surface area contributed by atoms with E-state index < -0.39 is 0 Å². The fourth-order valence-corrected chi connectivity index (χ4v) is 2.17. The van der Waals surface area contributed by atoms with E-state index in [2.05, 4.69) is 19.2 Å². The Hall–Kier alpha value is -0.530. The number of amides is 1. The van der Waals surface area contributed by atoms with Crippen molar-refractivity contribution in [3.8, 4) is 0 Å². The minimum Gasteiger partial charge on any atom is -0.356 e. The molecule has 81 valence electrons. The van der Waals surface area contributed by atoms with Gasteiger partial charge in [0.05, 0.1) is 0 Å². The molecule has 1 aliphatic rings. The van der Waals surface area contributed by atoms with E-state index in [0.29, 0.717) is 5.92 Å². The van der Waals surface area contributed by atoms with Gasteiger partial charge in [-0.05, 0) is 25.2 Å². The Morgan fingerprint density at radius 1 is 1.50 bits per heavy atom. The molecule has 0 aromatic rings. The van der Waals surface area contributed by atoms with Gasteiger partial charge in [-0.2, -0.15) is 0 Å². The van der Waals surface area contributed by atoms with Gasteiger partial charge in [-0.1, -0.05) is 33.1 Å². The first-order valence-corrected chi connectivity index (χ1v) is 5.82. The lowest BCUT2D eigenvalue weighted by molar-refractivity contribution is -0.126. The van der Waals surface area contributed by atoms with E-state index in [9.17, 15) is 4.79 Å². The smallest absolute Gasteiger partial charge is 0.223 e. The molecule has 1 N–H and O–H groups in total. The van der Waals surface area contributed by atoms with Crippen molar-refractivity contribution in [2.45, 2.75) is 45.4 Å². The molecule has 0 heterocycles. The molecule has 0 spiro atoms. The molecular formula is C12H22NO. The lowest BCUT2D eigenvalue weighted by Gasteiger charge is -2.17. The van der Waals surface area contributed by atoms with Crippen LogP contribution in [0.4, 0.5) is 0 Å². The predicted octanol–water partition coefficient (Wildman–Crippen LogP) is 2.54. The molecule has 0 bridgehead atoms. The van der Waals surface area contributed by atoms with Crippen molar-refractivity contribution in [2.24, 2.45) is 11.8 Å². The zero-order chi connectivity index (χ0) is 10.4. The first kappa shape index (κ1) is 11.5. The maximum atomic E-state index is 11.7. The number of hydrogen-bond donors (Lipinski definition) is 1. The predicted molar refractivity (Wildman–Crippen MR) is 58.7 cm³/mol. The molecule has 0 aromatic heterocycles. The molecule has 14 heavy (non-hydrogen) atoms. The summed E-state index contributed by atoms with van der Waals surface area (Å²) in [6, 6.07) is 0. The molecule has 1 atom stereocenters. The third-order valence-corrected chi connectivity index (χ3v) is 3.25. The quantitative estimate of drug-likeness (QED) is 0.673. The van der Waals surface area contributed by atoms with E-state index >= 15 is 0 Å². The fraction of sp³-hybridized carbons (Fsp3) is 0.833. The van der Waals surface area contributed by atoms with Gasteiger partial charge in [0.15, 0.2) is 0 Å². The maximum absolute atomic E-state index is 11.7. The van der Waals surface area contributed by atoms with Crippen LogP contribution in [0.1, 0.15) is 45.4 Å². The lowest BCUT2D eigenvalue weighted by Crippen LogP contribution is -2.33. The second-order valence-corrected chi connectivity index (χ2v) is 4.33. The van der Waals surface area contributed by atoms with Crippen molar-refractivity contribution in [2.75, 3.05) is 6.54 Å². The number of rotatable bonds is 5. The summed E-state index contributed by atoms with van der Waals surface area (Å²) in [7, 11) is 0. The summed E-state index contributed by atoms with van der Waals surface area (Å²) >= 11 is 0. The Kier molecular flexibility index (Phi) is 4.99. The summed E-state index contributed by atoms with van der Waals surface area (Å²) in [5.41, 5.74) is 0. The molecular weight excluding hydrogens is 174 g/mol. The average Bonchev–Trinajstić information content (AvgIpc) is 2.69. The van der Waals surface area contributed by atoms with Crippen molar-refractivity contribution >= 4 is 5.91 Å². The largest absolute Gasteiger partial charge is 0.356 e. The van der Waals surface area contributed by atoms with E-state index in [0.717, 1.165) is 19.4 Å². The van der Waals surface area contributed by atoms with Gasteiger partial charge in [0.1, 0.15) is 0 Å². The standard InChI is InChI=1S/C12H22NO/c1-3-4-9-13-12(14)10(2)11-7-5-6-8-11/h10-11H,1,3-9H2,2H3,(H,13,14).